The zero-order valence-electron chi connectivity index (χ0n) is 18.7. The fourth-order valence-electron chi connectivity index (χ4n) is 2.34. The molecular weight excluding hydrogens is 458 g/mol. The Hall–Kier alpha value is -2.26. The molecule has 13 nitrogen and oxygen atoms in total. The summed E-state index contributed by atoms with van der Waals surface area (Å²) in [6, 6.07) is -1.19. The third-order valence-electron chi connectivity index (χ3n) is 4.03. The van der Waals surface area contributed by atoms with Gasteiger partial charge in [-0.1, -0.05) is 12.1 Å². The Bertz CT molecular complexity index is 720. The maximum atomic E-state index is 12.3. The highest BCUT2D eigenvalue weighted by Crippen LogP contribution is 2.16. The predicted molar refractivity (Wildman–Crippen MR) is 119 cm³/mol. The summed E-state index contributed by atoms with van der Waals surface area (Å²) in [7, 11) is 0. The Balaban J connectivity index is 2.28. The number of hydrogen-bond acceptors (Lipinski definition) is 10. The minimum Gasteiger partial charge on any atom is -0.481 e. The molecule has 0 fully saturated rings. The van der Waals surface area contributed by atoms with Gasteiger partial charge >= 0.3 is 11.9 Å². The summed E-state index contributed by atoms with van der Waals surface area (Å²) >= 11 is 0.885. The molecule has 0 aliphatic heterocycles. The van der Waals surface area contributed by atoms with Crippen LogP contribution in [0, 0.1) is 0 Å². The lowest BCUT2D eigenvalue weighted by Gasteiger charge is -2.15. The van der Waals surface area contributed by atoms with E-state index in [1.807, 2.05) is 6.92 Å². The molecule has 0 aliphatic rings. The normalized spacial score (nSPS) is 12.9. The Morgan fingerprint density at radius 1 is 1.12 bits per heavy atom. The van der Waals surface area contributed by atoms with E-state index in [-0.39, 0.29) is 12.3 Å². The van der Waals surface area contributed by atoms with Crippen molar-refractivity contribution < 1.29 is 38.8 Å². The zero-order valence-corrected chi connectivity index (χ0v) is 19.5. The number of amides is 1. The molecule has 33 heavy (non-hydrogen) atoms. The number of rotatable bonds is 20. The SMILES string of the molecule is CCCOCCOCCOCCn1cc(CNC(=O)C(CC(=O)O)SCC(N)C(=O)O)nn1. The molecule has 0 saturated heterocycles. The maximum absolute atomic E-state index is 12.3. The number of carbonyl (C=O) groups excluding carboxylic acids is 1. The number of nitrogens with two attached hydrogens (primary N) is 1. The third-order valence-corrected chi connectivity index (χ3v) is 5.37. The van der Waals surface area contributed by atoms with E-state index in [2.05, 4.69) is 15.6 Å². The summed E-state index contributed by atoms with van der Waals surface area (Å²) in [6.45, 7) is 5.71. The van der Waals surface area contributed by atoms with Crippen LogP contribution >= 0.6 is 11.8 Å². The van der Waals surface area contributed by atoms with Gasteiger partial charge in [-0.2, -0.15) is 0 Å². The average Bonchev–Trinajstić information content (AvgIpc) is 3.23. The van der Waals surface area contributed by atoms with Crippen molar-refractivity contribution in [3.8, 4) is 0 Å². The topological polar surface area (TPSA) is 188 Å². The lowest BCUT2D eigenvalue weighted by molar-refractivity contribution is -0.138. The van der Waals surface area contributed by atoms with Gasteiger partial charge in [-0.3, -0.25) is 14.4 Å². The second kappa shape index (κ2) is 17.2. The van der Waals surface area contributed by atoms with Crippen LogP contribution < -0.4 is 11.1 Å². The molecule has 1 aromatic rings. The van der Waals surface area contributed by atoms with Crippen molar-refractivity contribution in [2.75, 3.05) is 45.4 Å². The van der Waals surface area contributed by atoms with Gasteiger partial charge in [-0.25, -0.2) is 4.68 Å². The summed E-state index contributed by atoms with van der Waals surface area (Å²) in [4.78, 5) is 34.2. The van der Waals surface area contributed by atoms with E-state index in [1.165, 1.54) is 0 Å². The molecular formula is C19H33N5O8S. The smallest absolute Gasteiger partial charge is 0.321 e. The molecule has 14 heteroatoms. The van der Waals surface area contributed by atoms with Crippen molar-refractivity contribution in [1.29, 1.82) is 0 Å². The second-order valence-corrected chi connectivity index (χ2v) is 8.13. The lowest BCUT2D eigenvalue weighted by Crippen LogP contribution is -2.37. The quantitative estimate of drug-likeness (QED) is 0.169. The van der Waals surface area contributed by atoms with Crippen LogP contribution in [0.25, 0.3) is 0 Å². The first-order valence-electron chi connectivity index (χ1n) is 10.5. The number of carbonyl (C=O) groups is 3. The number of carboxylic acid groups (broad SMARTS) is 2. The molecule has 2 unspecified atom stereocenters. The summed E-state index contributed by atoms with van der Waals surface area (Å²) in [5, 5.41) is 27.3. The van der Waals surface area contributed by atoms with Crippen LogP contribution in [0.5, 0.6) is 0 Å². The van der Waals surface area contributed by atoms with Crippen LogP contribution in [-0.2, 0) is 41.7 Å². The highest BCUT2D eigenvalue weighted by Gasteiger charge is 2.24. The lowest BCUT2D eigenvalue weighted by atomic mass is 10.3. The molecule has 1 heterocycles. The van der Waals surface area contributed by atoms with Gasteiger partial charge in [0.15, 0.2) is 0 Å². The Morgan fingerprint density at radius 3 is 2.36 bits per heavy atom. The number of nitrogens with one attached hydrogen (secondary N) is 1. The molecule has 0 bridgehead atoms. The van der Waals surface area contributed by atoms with E-state index in [0.29, 0.717) is 45.3 Å². The number of aliphatic carboxylic acids is 2. The van der Waals surface area contributed by atoms with Crippen molar-refractivity contribution in [1.82, 2.24) is 20.3 Å². The molecule has 0 aliphatic carbocycles. The molecule has 1 aromatic heterocycles. The van der Waals surface area contributed by atoms with Gasteiger partial charge in [-0.15, -0.1) is 16.9 Å². The average molecular weight is 492 g/mol. The molecule has 0 saturated carbocycles. The van der Waals surface area contributed by atoms with Crippen molar-refractivity contribution in [3.63, 3.8) is 0 Å². The third kappa shape index (κ3) is 13.8. The molecule has 2 atom stereocenters. The van der Waals surface area contributed by atoms with Gasteiger partial charge in [0.05, 0.1) is 64.0 Å². The number of nitrogens with zero attached hydrogens (tertiary/aromatic N) is 3. The number of carboxylic acids is 2. The van der Waals surface area contributed by atoms with Crippen molar-refractivity contribution >= 4 is 29.6 Å². The Kier molecular flexibility index (Phi) is 15.0. The largest absolute Gasteiger partial charge is 0.481 e. The number of thioether (sulfide) groups is 1. The van der Waals surface area contributed by atoms with Crippen LogP contribution in [0.15, 0.2) is 6.20 Å². The maximum Gasteiger partial charge on any atom is 0.321 e. The Morgan fingerprint density at radius 2 is 1.76 bits per heavy atom. The van der Waals surface area contributed by atoms with Gasteiger partial charge in [0.1, 0.15) is 11.7 Å². The summed E-state index contributed by atoms with van der Waals surface area (Å²) in [5.74, 6) is -3.03. The van der Waals surface area contributed by atoms with Crippen LogP contribution in [0.4, 0.5) is 0 Å². The highest BCUT2D eigenvalue weighted by atomic mass is 32.2. The van der Waals surface area contributed by atoms with E-state index < -0.39 is 35.6 Å². The first-order valence-corrected chi connectivity index (χ1v) is 11.6. The molecule has 0 aromatic carbocycles. The van der Waals surface area contributed by atoms with E-state index in [0.717, 1.165) is 24.8 Å². The summed E-state index contributed by atoms with van der Waals surface area (Å²) < 4.78 is 17.7. The van der Waals surface area contributed by atoms with Crippen molar-refractivity contribution in [2.24, 2.45) is 5.73 Å². The van der Waals surface area contributed by atoms with Crippen LogP contribution in [-0.4, -0.2) is 99.7 Å². The molecule has 0 radical (unpaired) electrons. The minimum atomic E-state index is -1.22. The van der Waals surface area contributed by atoms with Crippen LogP contribution in [0.2, 0.25) is 0 Å². The van der Waals surface area contributed by atoms with Crippen molar-refractivity contribution in [2.45, 2.75) is 44.1 Å². The standard InChI is InChI=1S/C19H33N5O8S/c1-2-4-30-6-8-32-9-7-31-5-3-24-12-14(22-23-24)11-21-18(27)16(10-17(25)26)33-13-15(20)19(28)29/h12,15-16H,2-11,13,20H2,1H3,(H,21,27)(H,25,26)(H,28,29). The number of aromatic nitrogens is 3. The molecule has 1 rings (SSSR count). The van der Waals surface area contributed by atoms with Crippen LogP contribution in [0.1, 0.15) is 25.5 Å². The zero-order chi connectivity index (χ0) is 24.5. The highest BCUT2D eigenvalue weighted by molar-refractivity contribution is 8.00. The molecule has 1 amide bonds. The minimum absolute atomic E-state index is 0.0509. The van der Waals surface area contributed by atoms with E-state index in [1.54, 1.807) is 10.9 Å². The van der Waals surface area contributed by atoms with Gasteiger partial charge in [0.2, 0.25) is 5.91 Å². The van der Waals surface area contributed by atoms with Crippen LogP contribution in [0.3, 0.4) is 0 Å². The number of ether oxygens (including phenoxy) is 3. The number of hydrogen-bond donors (Lipinski definition) is 4. The van der Waals surface area contributed by atoms with E-state index in [9.17, 15) is 14.4 Å². The molecule has 5 N–H and O–H groups in total. The second-order valence-electron chi connectivity index (χ2n) is 6.89. The Labute approximate surface area is 196 Å². The van der Waals surface area contributed by atoms with Gasteiger partial charge < -0.3 is 35.5 Å². The summed E-state index contributed by atoms with van der Waals surface area (Å²) in [5.41, 5.74) is 5.90. The molecule has 188 valence electrons. The monoisotopic (exact) mass is 491 g/mol. The van der Waals surface area contributed by atoms with E-state index in [4.69, 9.17) is 30.2 Å². The fraction of sp³-hybridized carbons (Fsp3) is 0.737. The first-order chi connectivity index (χ1) is 15.8. The van der Waals surface area contributed by atoms with E-state index >= 15 is 0 Å². The fourth-order valence-corrected chi connectivity index (χ4v) is 3.42. The van der Waals surface area contributed by atoms with Gasteiger partial charge in [0.25, 0.3) is 0 Å². The van der Waals surface area contributed by atoms with Gasteiger partial charge in [0, 0.05) is 12.4 Å². The first kappa shape index (κ1) is 28.8. The predicted octanol–water partition coefficient (Wildman–Crippen LogP) is -0.657. The van der Waals surface area contributed by atoms with Gasteiger partial charge in [-0.05, 0) is 6.42 Å². The van der Waals surface area contributed by atoms with Crippen molar-refractivity contribution in [3.05, 3.63) is 11.9 Å². The molecule has 0 spiro atoms. The summed E-state index contributed by atoms with van der Waals surface area (Å²) in [6.07, 6.45) is 2.17.